The van der Waals surface area contributed by atoms with Gasteiger partial charge in [0, 0.05) is 12.0 Å². The van der Waals surface area contributed by atoms with Gasteiger partial charge in [-0.1, -0.05) is 61.4 Å². The molecular weight excluding hydrogens is 559 g/mol. The van der Waals surface area contributed by atoms with Crippen LogP contribution in [0.3, 0.4) is 0 Å². The lowest BCUT2D eigenvalue weighted by atomic mass is 10.1. The van der Waals surface area contributed by atoms with Crippen molar-refractivity contribution < 1.29 is 41.6 Å². The van der Waals surface area contributed by atoms with Crippen molar-refractivity contribution in [3.05, 3.63) is 84.6 Å². The van der Waals surface area contributed by atoms with Gasteiger partial charge in [-0.15, -0.1) is 0 Å². The number of nitrogens with one attached hydrogen (secondary N) is 1. The van der Waals surface area contributed by atoms with Crippen LogP contribution in [0.25, 0.3) is 16.5 Å². The van der Waals surface area contributed by atoms with Crippen molar-refractivity contribution in [3.8, 4) is 0 Å². The van der Waals surface area contributed by atoms with Crippen LogP contribution in [-0.4, -0.2) is 38.2 Å². The molecule has 1 heterocycles. The molecule has 0 bridgehead atoms. The zero-order valence-corrected chi connectivity index (χ0v) is 23.0. The number of hydrogen-bond donors (Lipinski definition) is 2. The second kappa shape index (κ2) is 14.2. The number of aliphatic carboxylic acids is 1. The number of sulfonamides is 1. The first-order valence-corrected chi connectivity index (χ1v) is 14.3. The molecule has 0 radical (unpaired) electrons. The molecule has 3 N–H and O–H groups in total. The number of aliphatic imine (C=N–C) groups is 1. The maximum absolute atomic E-state index is 13.3. The normalized spacial score (nSPS) is 14.0. The van der Waals surface area contributed by atoms with E-state index in [1.165, 1.54) is 0 Å². The van der Waals surface area contributed by atoms with E-state index in [1.807, 2.05) is 66.0 Å². The molecule has 1 aliphatic heterocycles. The third kappa shape index (κ3) is 9.62. The van der Waals surface area contributed by atoms with Gasteiger partial charge in [-0.3, -0.25) is 5.32 Å². The van der Waals surface area contributed by atoms with E-state index in [0.29, 0.717) is 18.7 Å². The number of amidine groups is 1. The van der Waals surface area contributed by atoms with Crippen molar-refractivity contribution in [2.75, 3.05) is 0 Å². The number of ketones is 1. The molecule has 0 fully saturated rings. The van der Waals surface area contributed by atoms with Gasteiger partial charge in [0.1, 0.15) is 17.8 Å². The van der Waals surface area contributed by atoms with Crippen LogP contribution in [0.2, 0.25) is 0 Å². The van der Waals surface area contributed by atoms with E-state index in [0.717, 1.165) is 41.3 Å². The van der Waals surface area contributed by atoms with Crippen LogP contribution in [0.5, 0.6) is 0 Å². The molecule has 0 spiro atoms. The molecule has 8 nitrogen and oxygen atoms in total. The zero-order valence-electron chi connectivity index (χ0n) is 22.2. The number of fused-ring (bicyclic) bond motifs is 1. The van der Waals surface area contributed by atoms with E-state index in [4.69, 9.17) is 9.90 Å². The van der Waals surface area contributed by atoms with E-state index < -0.39 is 28.2 Å². The summed E-state index contributed by atoms with van der Waals surface area (Å²) >= 11 is 0. The monoisotopic (exact) mass is 589 g/mol. The van der Waals surface area contributed by atoms with Gasteiger partial charge >= 0.3 is 6.18 Å². The Labute approximate surface area is 236 Å². The first-order valence-electron chi connectivity index (χ1n) is 12.8. The lowest BCUT2D eigenvalue weighted by Gasteiger charge is -2.17. The molecule has 218 valence electrons. The van der Waals surface area contributed by atoms with Gasteiger partial charge in [0.05, 0.1) is 11.1 Å². The van der Waals surface area contributed by atoms with Crippen molar-refractivity contribution >= 4 is 44.1 Å². The van der Waals surface area contributed by atoms with Gasteiger partial charge in [0.25, 0.3) is 0 Å². The standard InChI is InChI=1S/C27H29N3O3S.C2HF3O2/c1-20(31)10-4-2-7-15-25(27-28-19-26(29-27)22-12-5-3-6-13-22)30-34(32,33)24-17-16-21-11-8-9-14-23(21)18-24;3-2(4,5)1(6)7/h3,5-6,8-9,11-14,16-19,25,30H,2,4,7,10,15H2,1H3,(H,28,29);(H,6,7)/t25-;/m0./s1. The van der Waals surface area contributed by atoms with E-state index in [-0.39, 0.29) is 10.7 Å². The summed E-state index contributed by atoms with van der Waals surface area (Å²) in [6.07, 6.45) is 0.225. The summed E-state index contributed by atoms with van der Waals surface area (Å²) in [4.78, 5) is 24.8. The number of benzene rings is 3. The lowest BCUT2D eigenvalue weighted by Crippen LogP contribution is -2.87. The second-order valence-corrected chi connectivity index (χ2v) is 11.1. The maximum atomic E-state index is 13.3. The minimum atomic E-state index is -5.19. The Balaban J connectivity index is 0.000000587. The number of hydrogen-bond acceptors (Lipinski definition) is 6. The number of carboxylic acid groups (broad SMARTS) is 1. The number of unbranched alkanes of at least 4 members (excludes halogenated alkanes) is 2. The third-order valence-electron chi connectivity index (χ3n) is 6.20. The highest BCUT2D eigenvalue weighted by molar-refractivity contribution is 7.89. The van der Waals surface area contributed by atoms with Crippen molar-refractivity contribution in [2.45, 2.75) is 56.1 Å². The van der Waals surface area contributed by atoms with Gasteiger partial charge in [-0.05, 0) is 54.8 Å². The van der Waals surface area contributed by atoms with Gasteiger partial charge in [-0.25, -0.2) is 13.4 Å². The minimum absolute atomic E-state index is 0.179. The highest BCUT2D eigenvalue weighted by Gasteiger charge is 2.30. The van der Waals surface area contributed by atoms with Crippen LogP contribution in [0, 0.1) is 0 Å². The highest BCUT2D eigenvalue weighted by atomic mass is 32.2. The predicted molar refractivity (Wildman–Crippen MR) is 147 cm³/mol. The van der Waals surface area contributed by atoms with Gasteiger partial charge in [0.2, 0.25) is 15.9 Å². The molecule has 0 saturated heterocycles. The molecular formula is C29H30F3N3O5S. The summed E-state index contributed by atoms with van der Waals surface area (Å²) in [5.74, 6) is -2.12. The van der Waals surface area contributed by atoms with Gasteiger partial charge in [0.15, 0.2) is 5.70 Å². The predicted octanol–water partition coefficient (Wildman–Crippen LogP) is 3.30. The number of quaternary nitrogens is 1. The SMILES string of the molecule is CC(=O)CCCCC[C@H](NS(=O)(=O)c1ccc2ccccc2c1)C1=NC=C(c2ccccc2)[NH2+]1.O=C([O-])C(F)(F)F. The summed E-state index contributed by atoms with van der Waals surface area (Å²) in [6, 6.07) is 22.3. The van der Waals surface area contributed by atoms with Crippen molar-refractivity contribution in [1.29, 1.82) is 0 Å². The third-order valence-corrected chi connectivity index (χ3v) is 7.67. The van der Waals surface area contributed by atoms with Crippen LogP contribution >= 0.6 is 0 Å². The molecule has 3 aromatic carbocycles. The quantitative estimate of drug-likeness (QED) is 0.331. The number of carbonyl (C=O) groups is 2. The fraction of sp³-hybridized carbons (Fsp3) is 0.276. The molecule has 0 saturated carbocycles. The Bertz CT molecular complexity index is 1540. The van der Waals surface area contributed by atoms with Gasteiger partial charge < -0.3 is 14.7 Å². The Morgan fingerprint density at radius 1 is 0.951 bits per heavy atom. The fourth-order valence-corrected chi connectivity index (χ4v) is 5.39. The largest absolute Gasteiger partial charge is 0.542 e. The Morgan fingerprint density at radius 3 is 2.22 bits per heavy atom. The topological polar surface area (TPSA) is 132 Å². The van der Waals surface area contributed by atoms with Crippen LogP contribution in [0.15, 0.2) is 88.9 Å². The zero-order chi connectivity index (χ0) is 30.0. The maximum Gasteiger partial charge on any atom is 0.430 e. The van der Waals surface area contributed by atoms with Crippen LogP contribution < -0.4 is 15.1 Å². The Kier molecular flexibility index (Phi) is 10.9. The molecule has 3 aromatic rings. The van der Waals surface area contributed by atoms with Crippen molar-refractivity contribution in [3.63, 3.8) is 0 Å². The molecule has 0 unspecified atom stereocenters. The van der Waals surface area contributed by atoms with Gasteiger partial charge in [-0.2, -0.15) is 17.9 Å². The summed E-state index contributed by atoms with van der Waals surface area (Å²) in [7, 11) is -3.75. The van der Waals surface area contributed by atoms with Crippen LogP contribution in [-0.2, 0) is 19.6 Å². The van der Waals surface area contributed by atoms with E-state index in [1.54, 1.807) is 25.3 Å². The average molecular weight is 590 g/mol. The van der Waals surface area contributed by atoms with Crippen LogP contribution in [0.1, 0.15) is 44.6 Å². The molecule has 0 aliphatic carbocycles. The number of nitrogens with two attached hydrogens (primary N) is 1. The summed E-state index contributed by atoms with van der Waals surface area (Å²) < 4.78 is 61.1. The summed E-state index contributed by atoms with van der Waals surface area (Å²) in [5, 5.41) is 12.6. The number of rotatable bonds is 11. The summed E-state index contributed by atoms with van der Waals surface area (Å²) in [5.41, 5.74) is 2.00. The second-order valence-electron chi connectivity index (χ2n) is 9.42. The number of alkyl halides is 3. The van der Waals surface area contributed by atoms with Crippen LogP contribution in [0.4, 0.5) is 13.2 Å². The molecule has 4 rings (SSSR count). The molecule has 1 aliphatic rings. The average Bonchev–Trinajstić information content (AvgIpc) is 3.42. The molecule has 1 atom stereocenters. The number of carbonyl (C=O) groups excluding carboxylic acids is 2. The first-order chi connectivity index (χ1) is 19.4. The van der Waals surface area contributed by atoms with Crippen molar-refractivity contribution in [2.24, 2.45) is 4.99 Å². The van der Waals surface area contributed by atoms with Crippen molar-refractivity contribution in [1.82, 2.24) is 4.72 Å². The Hall–Kier alpha value is -3.87. The number of carboxylic acids is 1. The highest BCUT2D eigenvalue weighted by Crippen LogP contribution is 2.20. The molecule has 12 heteroatoms. The molecule has 0 amide bonds. The smallest absolute Gasteiger partial charge is 0.430 e. The number of Topliss-reactive ketones (excluding diaryl/α,β-unsaturated/α-hetero) is 1. The molecule has 0 aromatic heterocycles. The number of halogens is 3. The van der Waals surface area contributed by atoms with E-state index >= 15 is 0 Å². The van der Waals surface area contributed by atoms with E-state index in [2.05, 4.69) is 9.71 Å². The first kappa shape index (κ1) is 31.7. The lowest BCUT2D eigenvalue weighted by molar-refractivity contribution is -0.434. The Morgan fingerprint density at radius 2 is 1.59 bits per heavy atom. The summed E-state index contributed by atoms with van der Waals surface area (Å²) in [6.45, 7) is 1.60. The number of nitrogens with zero attached hydrogens (tertiary/aromatic N) is 1. The minimum Gasteiger partial charge on any atom is -0.542 e. The fourth-order valence-electron chi connectivity index (χ4n) is 4.11. The molecule has 41 heavy (non-hydrogen) atoms. The van der Waals surface area contributed by atoms with E-state index in [9.17, 15) is 26.4 Å².